The lowest BCUT2D eigenvalue weighted by molar-refractivity contribution is 0.0307. The largest absolute Gasteiger partial charge is 0.397 e. The van der Waals surface area contributed by atoms with E-state index in [4.69, 9.17) is 15.5 Å². The molecule has 0 saturated carbocycles. The Balaban J connectivity index is 1.71. The monoisotopic (exact) mass is 429 g/mol. The van der Waals surface area contributed by atoms with Crippen molar-refractivity contribution >= 4 is 33.1 Å². The van der Waals surface area contributed by atoms with Gasteiger partial charge in [0.15, 0.2) is 0 Å². The minimum atomic E-state index is -0.0417. The van der Waals surface area contributed by atoms with Crippen molar-refractivity contribution in [2.24, 2.45) is 0 Å². The van der Waals surface area contributed by atoms with Crippen molar-refractivity contribution < 1.29 is 9.53 Å². The molecule has 1 aliphatic heterocycles. The predicted molar refractivity (Wildman–Crippen MR) is 126 cm³/mol. The summed E-state index contributed by atoms with van der Waals surface area (Å²) in [5.41, 5.74) is 12.3. The molecule has 1 saturated heterocycles. The average Bonchev–Trinajstić information content (AvgIpc) is 3.16. The van der Waals surface area contributed by atoms with E-state index < -0.39 is 0 Å². The van der Waals surface area contributed by atoms with E-state index in [-0.39, 0.29) is 5.91 Å². The number of nitrogens with two attached hydrogens (primary N) is 1. The van der Waals surface area contributed by atoms with Crippen molar-refractivity contribution in [3.05, 3.63) is 71.1 Å². The second-order valence-electron chi connectivity index (χ2n) is 7.72. The number of rotatable bonds is 3. The van der Waals surface area contributed by atoms with Gasteiger partial charge in [-0.3, -0.25) is 4.79 Å². The molecule has 0 unspecified atom stereocenters. The maximum Gasteiger partial charge on any atom is 0.266 e. The Kier molecular flexibility index (Phi) is 5.18. The zero-order valence-electron chi connectivity index (χ0n) is 17.3. The van der Waals surface area contributed by atoms with Gasteiger partial charge in [0, 0.05) is 24.0 Å². The zero-order valence-corrected chi connectivity index (χ0v) is 18.1. The first kappa shape index (κ1) is 19.7. The number of pyridine rings is 1. The van der Waals surface area contributed by atoms with Crippen LogP contribution in [0.4, 0.5) is 5.69 Å². The van der Waals surface area contributed by atoms with Crippen LogP contribution in [0, 0.1) is 6.92 Å². The van der Waals surface area contributed by atoms with Gasteiger partial charge in [0.2, 0.25) is 0 Å². The number of aryl methyl sites for hydroxylation is 1. The van der Waals surface area contributed by atoms with Crippen LogP contribution in [0.15, 0.2) is 60.7 Å². The molecule has 1 amide bonds. The number of hydrogen-bond donors (Lipinski definition) is 1. The summed E-state index contributed by atoms with van der Waals surface area (Å²) in [6.45, 7) is 4.35. The van der Waals surface area contributed by atoms with E-state index >= 15 is 0 Å². The highest BCUT2D eigenvalue weighted by Gasteiger charge is 2.26. The third-order valence-electron chi connectivity index (χ3n) is 5.62. The fraction of sp³-hybridized carbons (Fsp3) is 0.200. The van der Waals surface area contributed by atoms with Gasteiger partial charge in [-0.05, 0) is 24.1 Å². The van der Waals surface area contributed by atoms with Crippen molar-refractivity contribution in [1.82, 2.24) is 9.88 Å². The number of ether oxygens (including phenoxy) is 1. The van der Waals surface area contributed by atoms with Crippen LogP contribution in [0.3, 0.4) is 0 Å². The number of benzene rings is 2. The van der Waals surface area contributed by atoms with Crippen LogP contribution < -0.4 is 5.73 Å². The number of carbonyl (C=O) groups is 1. The van der Waals surface area contributed by atoms with Gasteiger partial charge in [-0.15, -0.1) is 11.3 Å². The zero-order chi connectivity index (χ0) is 21.4. The molecule has 2 aromatic heterocycles. The van der Waals surface area contributed by atoms with Crippen molar-refractivity contribution in [2.75, 3.05) is 32.0 Å². The molecule has 156 valence electrons. The summed E-state index contributed by atoms with van der Waals surface area (Å²) < 4.78 is 5.39. The highest BCUT2D eigenvalue weighted by Crippen LogP contribution is 2.41. The Morgan fingerprint density at radius 3 is 2.45 bits per heavy atom. The molecule has 31 heavy (non-hydrogen) atoms. The Morgan fingerprint density at radius 1 is 1.03 bits per heavy atom. The quantitative estimate of drug-likeness (QED) is 0.498. The topological polar surface area (TPSA) is 68.5 Å². The number of thiophene rings is 1. The standard InChI is InChI=1S/C25H23N3O2S/c1-16-7-9-17(10-8-16)19-15-20(18-5-3-2-4-6-18)27-24-21(19)22(26)23(31-24)25(29)28-11-13-30-14-12-28/h2-10,15H,11-14,26H2,1H3. The molecule has 0 bridgehead atoms. The van der Waals surface area contributed by atoms with Gasteiger partial charge in [-0.2, -0.15) is 0 Å². The van der Waals surface area contributed by atoms with Crippen LogP contribution in [-0.4, -0.2) is 42.1 Å². The summed E-state index contributed by atoms with van der Waals surface area (Å²) in [5, 5.41) is 0.852. The highest BCUT2D eigenvalue weighted by atomic mass is 32.1. The lowest BCUT2D eigenvalue weighted by Gasteiger charge is -2.26. The molecule has 2 N–H and O–H groups in total. The van der Waals surface area contributed by atoms with Crippen LogP contribution in [-0.2, 0) is 4.74 Å². The van der Waals surface area contributed by atoms with Crippen LogP contribution in [0.25, 0.3) is 32.6 Å². The molecule has 1 fully saturated rings. The number of aromatic nitrogens is 1. The number of nitrogens with zero attached hydrogens (tertiary/aromatic N) is 2. The Morgan fingerprint density at radius 2 is 1.74 bits per heavy atom. The third-order valence-corrected chi connectivity index (χ3v) is 6.71. The molecule has 1 aliphatic rings. The van der Waals surface area contributed by atoms with Gasteiger partial charge in [-0.25, -0.2) is 4.98 Å². The molecule has 5 nitrogen and oxygen atoms in total. The number of hydrogen-bond acceptors (Lipinski definition) is 5. The maximum atomic E-state index is 13.2. The second kappa shape index (κ2) is 8.13. The van der Waals surface area contributed by atoms with Gasteiger partial charge in [0.05, 0.1) is 24.6 Å². The number of fused-ring (bicyclic) bond motifs is 1. The predicted octanol–water partition coefficient (Wildman–Crippen LogP) is 4.99. The van der Waals surface area contributed by atoms with Gasteiger partial charge in [0.1, 0.15) is 9.71 Å². The van der Waals surface area contributed by atoms with Crippen LogP contribution in [0.5, 0.6) is 0 Å². The van der Waals surface area contributed by atoms with Gasteiger partial charge >= 0.3 is 0 Å². The summed E-state index contributed by atoms with van der Waals surface area (Å²) in [6.07, 6.45) is 0. The molecule has 5 rings (SSSR count). The summed E-state index contributed by atoms with van der Waals surface area (Å²) in [4.78, 5) is 21.3. The molecular weight excluding hydrogens is 406 g/mol. The van der Waals surface area contributed by atoms with Crippen LogP contribution >= 0.6 is 11.3 Å². The number of anilines is 1. The van der Waals surface area contributed by atoms with Crippen molar-refractivity contribution in [2.45, 2.75) is 6.92 Å². The summed E-state index contributed by atoms with van der Waals surface area (Å²) in [6, 6.07) is 20.5. The average molecular weight is 430 g/mol. The lowest BCUT2D eigenvalue weighted by atomic mass is 9.98. The van der Waals surface area contributed by atoms with Crippen LogP contribution in [0.2, 0.25) is 0 Å². The minimum Gasteiger partial charge on any atom is -0.397 e. The fourth-order valence-electron chi connectivity index (χ4n) is 3.91. The highest BCUT2D eigenvalue weighted by molar-refractivity contribution is 7.21. The summed E-state index contributed by atoms with van der Waals surface area (Å²) in [5.74, 6) is -0.0417. The van der Waals surface area contributed by atoms with Crippen molar-refractivity contribution in [1.29, 1.82) is 0 Å². The van der Waals surface area contributed by atoms with E-state index in [0.29, 0.717) is 36.9 Å². The summed E-state index contributed by atoms with van der Waals surface area (Å²) >= 11 is 1.38. The number of nitrogen functional groups attached to an aromatic ring is 1. The number of amides is 1. The Hall–Kier alpha value is -3.22. The Bertz CT molecular complexity index is 1240. The first-order valence-corrected chi connectivity index (χ1v) is 11.2. The van der Waals surface area contributed by atoms with E-state index in [1.165, 1.54) is 16.9 Å². The smallest absolute Gasteiger partial charge is 0.266 e. The normalized spacial score (nSPS) is 14.2. The second-order valence-corrected chi connectivity index (χ2v) is 8.72. The first-order chi connectivity index (χ1) is 15.1. The maximum absolute atomic E-state index is 13.2. The molecule has 2 aromatic carbocycles. The van der Waals surface area contributed by atoms with E-state index in [1.54, 1.807) is 0 Å². The molecule has 4 aromatic rings. The van der Waals surface area contributed by atoms with Gasteiger partial charge in [0.25, 0.3) is 5.91 Å². The molecule has 0 atom stereocenters. The van der Waals surface area contributed by atoms with E-state index in [2.05, 4.69) is 37.3 Å². The molecule has 6 heteroatoms. The minimum absolute atomic E-state index is 0.0417. The van der Waals surface area contributed by atoms with Crippen molar-refractivity contribution in [3.8, 4) is 22.4 Å². The van der Waals surface area contributed by atoms with E-state index in [1.807, 2.05) is 35.2 Å². The molecule has 0 radical (unpaired) electrons. The summed E-state index contributed by atoms with van der Waals surface area (Å²) in [7, 11) is 0. The molecule has 0 aliphatic carbocycles. The Labute approximate surface area is 185 Å². The van der Waals surface area contributed by atoms with Crippen LogP contribution in [0.1, 0.15) is 15.2 Å². The first-order valence-electron chi connectivity index (χ1n) is 10.3. The number of carbonyl (C=O) groups excluding carboxylic acids is 1. The van der Waals surface area contributed by atoms with E-state index in [0.717, 1.165) is 32.6 Å². The van der Waals surface area contributed by atoms with Gasteiger partial charge in [-0.1, -0.05) is 60.2 Å². The lowest BCUT2D eigenvalue weighted by Crippen LogP contribution is -2.40. The molecular formula is C25H23N3O2S. The number of morpholine rings is 1. The molecule has 0 spiro atoms. The SMILES string of the molecule is Cc1ccc(-c2cc(-c3ccccc3)nc3sc(C(=O)N4CCOCC4)c(N)c23)cc1. The molecule has 3 heterocycles. The fourth-order valence-corrected chi connectivity index (χ4v) is 5.00. The van der Waals surface area contributed by atoms with Crippen molar-refractivity contribution in [3.63, 3.8) is 0 Å². The van der Waals surface area contributed by atoms with E-state index in [9.17, 15) is 4.79 Å². The van der Waals surface area contributed by atoms with Gasteiger partial charge < -0.3 is 15.4 Å². The third kappa shape index (κ3) is 3.69.